The van der Waals surface area contributed by atoms with Crippen molar-refractivity contribution in [3.05, 3.63) is 29.8 Å². The summed E-state index contributed by atoms with van der Waals surface area (Å²) in [4.78, 5) is 21.5. The molecule has 3 nitrogen and oxygen atoms in total. The summed E-state index contributed by atoms with van der Waals surface area (Å²) in [6.07, 6.45) is -1.73. The highest BCUT2D eigenvalue weighted by Gasteiger charge is 2.29. The van der Waals surface area contributed by atoms with Gasteiger partial charge < -0.3 is 10.1 Å². The van der Waals surface area contributed by atoms with Gasteiger partial charge in [0, 0.05) is 18.5 Å². The van der Waals surface area contributed by atoms with Crippen molar-refractivity contribution in [3.8, 4) is 0 Å². The van der Waals surface area contributed by atoms with Gasteiger partial charge in [0.1, 0.15) is 6.29 Å². The van der Waals surface area contributed by atoms with Gasteiger partial charge in [0.05, 0.1) is 5.56 Å². The van der Waals surface area contributed by atoms with Crippen molar-refractivity contribution < 1.29 is 22.8 Å². The molecule has 0 aliphatic rings. The molecule has 1 N–H and O–H groups in total. The molecular formula is C13H14F3NO2. The molecule has 0 saturated heterocycles. The molecule has 0 bridgehead atoms. The van der Waals surface area contributed by atoms with Crippen LogP contribution in [0.2, 0.25) is 0 Å². The van der Waals surface area contributed by atoms with Crippen molar-refractivity contribution in [2.45, 2.75) is 31.9 Å². The zero-order valence-electron chi connectivity index (χ0n) is 10.2. The molecule has 1 aromatic rings. The molecule has 1 amide bonds. The Morgan fingerprint density at radius 3 is 2.32 bits per heavy atom. The number of hydrogen-bond donors (Lipinski definition) is 1. The zero-order valence-corrected chi connectivity index (χ0v) is 10.2. The highest BCUT2D eigenvalue weighted by molar-refractivity contribution is 5.90. The van der Waals surface area contributed by atoms with Crippen LogP contribution in [0.25, 0.3) is 0 Å². The molecule has 0 radical (unpaired) electrons. The molecule has 0 heterocycles. The number of rotatable bonds is 6. The van der Waals surface area contributed by atoms with Gasteiger partial charge in [-0.2, -0.15) is 13.2 Å². The van der Waals surface area contributed by atoms with E-state index in [9.17, 15) is 22.8 Å². The number of amides is 1. The molecule has 0 spiro atoms. The Balaban J connectivity index is 2.45. The maximum atomic E-state index is 12.3. The van der Waals surface area contributed by atoms with E-state index in [0.717, 1.165) is 18.4 Å². The van der Waals surface area contributed by atoms with Crippen LogP contribution in [0.5, 0.6) is 0 Å². The fraction of sp³-hybridized carbons (Fsp3) is 0.385. The van der Waals surface area contributed by atoms with Gasteiger partial charge in [-0.25, -0.2) is 0 Å². The van der Waals surface area contributed by atoms with E-state index in [1.807, 2.05) is 0 Å². The third-order valence-corrected chi connectivity index (χ3v) is 2.47. The van der Waals surface area contributed by atoms with E-state index in [4.69, 9.17) is 0 Å². The molecule has 0 saturated carbocycles. The van der Waals surface area contributed by atoms with E-state index in [1.54, 1.807) is 0 Å². The Kier molecular flexibility index (Phi) is 5.54. The van der Waals surface area contributed by atoms with Crippen LogP contribution >= 0.6 is 0 Å². The SMILES string of the molecule is O=CCCCCC(=O)Nc1ccc(C(F)(F)F)cc1. The number of benzene rings is 1. The first-order chi connectivity index (χ1) is 8.93. The molecule has 1 aromatic carbocycles. The summed E-state index contributed by atoms with van der Waals surface area (Å²) in [7, 11) is 0. The van der Waals surface area contributed by atoms with Crippen LogP contribution in [0.15, 0.2) is 24.3 Å². The lowest BCUT2D eigenvalue weighted by Gasteiger charge is -2.08. The van der Waals surface area contributed by atoms with Crippen molar-refractivity contribution in [3.63, 3.8) is 0 Å². The van der Waals surface area contributed by atoms with Crippen LogP contribution in [0, 0.1) is 0 Å². The molecule has 0 aliphatic heterocycles. The molecule has 0 unspecified atom stereocenters. The topological polar surface area (TPSA) is 46.2 Å². The number of nitrogens with one attached hydrogen (secondary N) is 1. The Morgan fingerprint density at radius 2 is 1.79 bits per heavy atom. The van der Waals surface area contributed by atoms with Crippen LogP contribution in [0.3, 0.4) is 0 Å². The normalized spacial score (nSPS) is 11.1. The highest BCUT2D eigenvalue weighted by atomic mass is 19.4. The molecule has 0 fully saturated rings. The fourth-order valence-electron chi connectivity index (χ4n) is 1.48. The lowest BCUT2D eigenvalue weighted by atomic mass is 10.1. The van der Waals surface area contributed by atoms with Crippen molar-refractivity contribution >= 4 is 17.9 Å². The average molecular weight is 273 g/mol. The molecule has 0 aromatic heterocycles. The second-order valence-electron chi connectivity index (χ2n) is 4.04. The Morgan fingerprint density at radius 1 is 1.16 bits per heavy atom. The fourth-order valence-corrected chi connectivity index (χ4v) is 1.48. The zero-order chi connectivity index (χ0) is 14.3. The van der Waals surface area contributed by atoms with Crippen molar-refractivity contribution in [1.82, 2.24) is 0 Å². The minimum absolute atomic E-state index is 0.245. The van der Waals surface area contributed by atoms with Crippen LogP contribution in [0.1, 0.15) is 31.2 Å². The summed E-state index contributed by atoms with van der Waals surface area (Å²) in [5.74, 6) is -0.273. The average Bonchev–Trinajstić information content (AvgIpc) is 2.34. The van der Waals surface area contributed by atoms with E-state index in [0.29, 0.717) is 24.9 Å². The van der Waals surface area contributed by atoms with E-state index >= 15 is 0 Å². The Hall–Kier alpha value is -1.85. The van der Waals surface area contributed by atoms with Crippen LogP contribution < -0.4 is 5.32 Å². The first kappa shape index (κ1) is 15.2. The number of anilines is 1. The van der Waals surface area contributed by atoms with Crippen molar-refractivity contribution in [1.29, 1.82) is 0 Å². The largest absolute Gasteiger partial charge is 0.416 e. The van der Waals surface area contributed by atoms with Gasteiger partial charge >= 0.3 is 6.18 Å². The number of halogens is 3. The number of alkyl halides is 3. The summed E-state index contributed by atoms with van der Waals surface area (Å²) in [5, 5.41) is 2.50. The van der Waals surface area contributed by atoms with Gasteiger partial charge in [0.25, 0.3) is 0 Å². The minimum Gasteiger partial charge on any atom is -0.326 e. The third-order valence-electron chi connectivity index (χ3n) is 2.47. The first-order valence-electron chi connectivity index (χ1n) is 5.84. The van der Waals surface area contributed by atoms with E-state index in [-0.39, 0.29) is 12.3 Å². The van der Waals surface area contributed by atoms with E-state index < -0.39 is 11.7 Å². The predicted molar refractivity (Wildman–Crippen MR) is 64.6 cm³/mol. The molecule has 104 valence electrons. The second-order valence-corrected chi connectivity index (χ2v) is 4.04. The number of hydrogen-bond acceptors (Lipinski definition) is 2. The smallest absolute Gasteiger partial charge is 0.326 e. The van der Waals surface area contributed by atoms with E-state index in [2.05, 4.69) is 5.32 Å². The number of unbranched alkanes of at least 4 members (excludes halogenated alkanes) is 2. The van der Waals surface area contributed by atoms with Crippen molar-refractivity contribution in [2.24, 2.45) is 0 Å². The summed E-state index contributed by atoms with van der Waals surface area (Å²) in [5.41, 5.74) is -0.426. The van der Waals surface area contributed by atoms with Gasteiger partial charge in [-0.05, 0) is 37.1 Å². The molecule has 0 atom stereocenters. The first-order valence-corrected chi connectivity index (χ1v) is 5.84. The minimum atomic E-state index is -4.38. The molecule has 0 aliphatic carbocycles. The van der Waals surface area contributed by atoms with Gasteiger partial charge in [-0.3, -0.25) is 4.79 Å². The van der Waals surface area contributed by atoms with Gasteiger partial charge in [-0.15, -0.1) is 0 Å². The quantitative estimate of drug-likeness (QED) is 0.637. The van der Waals surface area contributed by atoms with Gasteiger partial charge in [0.2, 0.25) is 5.91 Å². The third kappa shape index (κ3) is 5.54. The van der Waals surface area contributed by atoms with Crippen LogP contribution in [-0.2, 0) is 15.8 Å². The summed E-state index contributed by atoms with van der Waals surface area (Å²) < 4.78 is 36.9. The molecule has 19 heavy (non-hydrogen) atoms. The molecular weight excluding hydrogens is 259 g/mol. The Bertz CT molecular complexity index is 427. The summed E-state index contributed by atoms with van der Waals surface area (Å²) in [6, 6.07) is 4.27. The molecule has 6 heteroatoms. The summed E-state index contributed by atoms with van der Waals surface area (Å²) >= 11 is 0. The second kappa shape index (κ2) is 6.92. The number of carbonyl (C=O) groups excluding carboxylic acids is 2. The maximum Gasteiger partial charge on any atom is 0.416 e. The maximum absolute atomic E-state index is 12.3. The van der Waals surface area contributed by atoms with Crippen LogP contribution in [0.4, 0.5) is 18.9 Å². The van der Waals surface area contributed by atoms with Crippen molar-refractivity contribution in [2.75, 3.05) is 5.32 Å². The lowest BCUT2D eigenvalue weighted by molar-refractivity contribution is -0.137. The Labute approximate surface area is 108 Å². The predicted octanol–water partition coefficient (Wildman–Crippen LogP) is 3.40. The van der Waals surface area contributed by atoms with Gasteiger partial charge in [-0.1, -0.05) is 0 Å². The standard InChI is InChI=1S/C13H14F3NO2/c14-13(15,16)10-5-7-11(8-6-10)17-12(19)4-2-1-3-9-18/h5-9H,1-4H2,(H,17,19). The van der Waals surface area contributed by atoms with Gasteiger partial charge in [0.15, 0.2) is 0 Å². The molecule has 1 rings (SSSR count). The summed E-state index contributed by atoms with van der Waals surface area (Å²) in [6.45, 7) is 0. The lowest BCUT2D eigenvalue weighted by Crippen LogP contribution is -2.11. The number of carbonyl (C=O) groups is 2. The monoisotopic (exact) mass is 273 g/mol. The number of aldehydes is 1. The van der Waals surface area contributed by atoms with Crippen LogP contribution in [-0.4, -0.2) is 12.2 Å². The highest BCUT2D eigenvalue weighted by Crippen LogP contribution is 2.29. The van der Waals surface area contributed by atoms with E-state index in [1.165, 1.54) is 12.1 Å².